The van der Waals surface area contributed by atoms with Gasteiger partial charge in [-0.15, -0.1) is 11.3 Å². The molecule has 26 heavy (non-hydrogen) atoms. The summed E-state index contributed by atoms with van der Waals surface area (Å²) in [6.07, 6.45) is 1.13. The first-order valence-electron chi connectivity index (χ1n) is 7.69. The number of oxazole rings is 1. The van der Waals surface area contributed by atoms with Crippen LogP contribution in [0.15, 0.2) is 52.0 Å². The number of hydrogen-bond donors (Lipinski definition) is 1. The van der Waals surface area contributed by atoms with Crippen molar-refractivity contribution in [2.75, 3.05) is 13.7 Å². The first-order valence-corrected chi connectivity index (χ1v) is 10.4. The molecule has 0 aliphatic rings. The van der Waals surface area contributed by atoms with Crippen LogP contribution in [0.4, 0.5) is 0 Å². The van der Waals surface area contributed by atoms with Crippen LogP contribution in [0.1, 0.15) is 16.9 Å². The Kier molecular flexibility index (Phi) is 5.79. The van der Waals surface area contributed by atoms with Crippen LogP contribution in [-0.4, -0.2) is 27.1 Å². The van der Waals surface area contributed by atoms with Gasteiger partial charge in [0.25, 0.3) is 0 Å². The van der Waals surface area contributed by atoms with Gasteiger partial charge in [-0.25, -0.2) is 18.1 Å². The molecule has 9 heteroatoms. The predicted octanol–water partition coefficient (Wildman–Crippen LogP) is 4.03. The van der Waals surface area contributed by atoms with Crippen molar-refractivity contribution in [3.63, 3.8) is 0 Å². The highest BCUT2D eigenvalue weighted by molar-refractivity contribution is 7.89. The Hall–Kier alpha value is -1.71. The zero-order valence-electron chi connectivity index (χ0n) is 14.1. The standard InChI is InChI=1S/C17H17ClN2O4S2/c1-11-20-14(10-24-11)12-3-5-13(6-4-12)26(21,22)19-9-15(23-2)16-7-8-17(18)25-16/h3-8,10,15,19H,9H2,1-2H3/t15-/m1/s1. The lowest BCUT2D eigenvalue weighted by atomic mass is 10.2. The van der Waals surface area contributed by atoms with Crippen molar-refractivity contribution in [2.45, 2.75) is 17.9 Å². The van der Waals surface area contributed by atoms with E-state index in [1.807, 2.05) is 6.07 Å². The number of rotatable bonds is 7. The van der Waals surface area contributed by atoms with Gasteiger partial charge in [-0.2, -0.15) is 0 Å². The summed E-state index contributed by atoms with van der Waals surface area (Å²) >= 11 is 7.28. The normalized spacial score (nSPS) is 13.0. The molecule has 138 valence electrons. The minimum atomic E-state index is -3.66. The zero-order valence-corrected chi connectivity index (χ0v) is 16.5. The van der Waals surface area contributed by atoms with Gasteiger partial charge in [-0.3, -0.25) is 0 Å². The van der Waals surface area contributed by atoms with Crippen LogP contribution in [0, 0.1) is 6.92 Å². The van der Waals surface area contributed by atoms with Crippen LogP contribution in [0.3, 0.4) is 0 Å². The number of thiophene rings is 1. The summed E-state index contributed by atoms with van der Waals surface area (Å²) in [6, 6.07) is 10.0. The van der Waals surface area contributed by atoms with Crippen LogP contribution >= 0.6 is 22.9 Å². The Morgan fingerprint density at radius 3 is 2.54 bits per heavy atom. The molecule has 0 aliphatic carbocycles. The fraction of sp³-hybridized carbons (Fsp3) is 0.235. The molecule has 2 heterocycles. The van der Waals surface area contributed by atoms with Crippen LogP contribution in [0.2, 0.25) is 4.34 Å². The van der Waals surface area contributed by atoms with Crippen molar-refractivity contribution in [1.82, 2.24) is 9.71 Å². The number of sulfonamides is 1. The number of benzene rings is 1. The summed E-state index contributed by atoms with van der Waals surface area (Å²) in [5.41, 5.74) is 1.44. The molecule has 0 saturated carbocycles. The molecule has 0 amide bonds. The smallest absolute Gasteiger partial charge is 0.240 e. The predicted molar refractivity (Wildman–Crippen MR) is 101 cm³/mol. The van der Waals surface area contributed by atoms with E-state index in [4.69, 9.17) is 20.8 Å². The lowest BCUT2D eigenvalue weighted by Crippen LogP contribution is -2.29. The number of halogens is 1. The van der Waals surface area contributed by atoms with Gasteiger partial charge in [-0.05, 0) is 24.3 Å². The maximum absolute atomic E-state index is 12.5. The van der Waals surface area contributed by atoms with E-state index < -0.39 is 16.1 Å². The summed E-state index contributed by atoms with van der Waals surface area (Å²) in [7, 11) is -2.13. The van der Waals surface area contributed by atoms with Crippen molar-refractivity contribution < 1.29 is 17.6 Å². The average molecular weight is 413 g/mol. The number of aromatic nitrogens is 1. The van der Waals surface area contributed by atoms with Crippen LogP contribution < -0.4 is 4.72 Å². The monoisotopic (exact) mass is 412 g/mol. The van der Waals surface area contributed by atoms with E-state index in [9.17, 15) is 8.42 Å². The van der Waals surface area contributed by atoms with Gasteiger partial charge in [0, 0.05) is 31.0 Å². The van der Waals surface area contributed by atoms with Crippen molar-refractivity contribution in [1.29, 1.82) is 0 Å². The molecular weight excluding hydrogens is 396 g/mol. The highest BCUT2D eigenvalue weighted by atomic mass is 35.5. The second-order valence-corrected chi connectivity index (χ2v) is 9.01. The molecule has 6 nitrogen and oxygen atoms in total. The lowest BCUT2D eigenvalue weighted by molar-refractivity contribution is 0.110. The number of methoxy groups -OCH3 is 1. The molecule has 0 bridgehead atoms. The Bertz CT molecular complexity index is 980. The topological polar surface area (TPSA) is 81.4 Å². The third-order valence-electron chi connectivity index (χ3n) is 3.73. The van der Waals surface area contributed by atoms with Crippen molar-refractivity contribution in [3.05, 3.63) is 57.8 Å². The second-order valence-electron chi connectivity index (χ2n) is 5.49. The summed E-state index contributed by atoms with van der Waals surface area (Å²) in [6.45, 7) is 1.86. The van der Waals surface area contributed by atoms with Gasteiger partial charge in [-0.1, -0.05) is 23.7 Å². The van der Waals surface area contributed by atoms with Gasteiger partial charge in [0.2, 0.25) is 10.0 Å². The van der Waals surface area contributed by atoms with E-state index >= 15 is 0 Å². The van der Waals surface area contributed by atoms with E-state index in [0.29, 0.717) is 15.9 Å². The van der Waals surface area contributed by atoms with Gasteiger partial charge in [0.05, 0.1) is 9.23 Å². The van der Waals surface area contributed by atoms with Gasteiger partial charge in [0.15, 0.2) is 5.89 Å². The third kappa shape index (κ3) is 4.33. The summed E-state index contributed by atoms with van der Waals surface area (Å²) in [4.78, 5) is 5.25. The summed E-state index contributed by atoms with van der Waals surface area (Å²) in [5.74, 6) is 0.553. The van der Waals surface area contributed by atoms with E-state index in [1.54, 1.807) is 25.1 Å². The minimum Gasteiger partial charge on any atom is -0.449 e. The SMILES string of the molecule is CO[C@H](CNS(=O)(=O)c1ccc(-c2coc(C)n2)cc1)c1ccc(Cl)s1. The van der Waals surface area contributed by atoms with Crippen LogP contribution in [0.5, 0.6) is 0 Å². The zero-order chi connectivity index (χ0) is 18.7. The number of ether oxygens (including phenoxy) is 1. The average Bonchev–Trinajstić information content (AvgIpc) is 3.24. The Labute approximate surface area is 160 Å². The Morgan fingerprint density at radius 1 is 1.27 bits per heavy atom. The maximum Gasteiger partial charge on any atom is 0.240 e. The fourth-order valence-electron chi connectivity index (χ4n) is 2.37. The van der Waals surface area contributed by atoms with Gasteiger partial charge < -0.3 is 9.15 Å². The molecule has 0 spiro atoms. The fourth-order valence-corrected chi connectivity index (χ4v) is 4.54. The van der Waals surface area contributed by atoms with E-state index in [0.717, 1.165) is 10.4 Å². The van der Waals surface area contributed by atoms with E-state index in [1.165, 1.54) is 36.8 Å². The number of nitrogens with one attached hydrogen (secondary N) is 1. The van der Waals surface area contributed by atoms with Crippen molar-refractivity contribution >= 4 is 33.0 Å². The molecule has 1 aromatic carbocycles. The lowest BCUT2D eigenvalue weighted by Gasteiger charge is -2.15. The molecule has 0 unspecified atom stereocenters. The summed E-state index contributed by atoms with van der Waals surface area (Å²) in [5, 5.41) is 0. The molecule has 1 atom stereocenters. The quantitative estimate of drug-likeness (QED) is 0.633. The van der Waals surface area contributed by atoms with Crippen LogP contribution in [0.25, 0.3) is 11.3 Å². The van der Waals surface area contributed by atoms with Crippen molar-refractivity contribution in [3.8, 4) is 11.3 Å². The Morgan fingerprint density at radius 2 is 2.00 bits per heavy atom. The largest absolute Gasteiger partial charge is 0.449 e. The van der Waals surface area contributed by atoms with E-state index in [2.05, 4.69) is 9.71 Å². The van der Waals surface area contributed by atoms with Crippen molar-refractivity contribution in [2.24, 2.45) is 0 Å². The van der Waals surface area contributed by atoms with Crippen LogP contribution in [-0.2, 0) is 14.8 Å². The highest BCUT2D eigenvalue weighted by Gasteiger charge is 2.19. The Balaban J connectivity index is 1.71. The first-order chi connectivity index (χ1) is 12.4. The second kappa shape index (κ2) is 7.89. The highest BCUT2D eigenvalue weighted by Crippen LogP contribution is 2.28. The molecule has 1 N–H and O–H groups in total. The molecule has 3 aromatic rings. The van der Waals surface area contributed by atoms with Gasteiger partial charge in [0.1, 0.15) is 18.1 Å². The minimum absolute atomic E-state index is 0.111. The number of nitrogens with zero attached hydrogens (tertiary/aromatic N) is 1. The number of aryl methyl sites for hydroxylation is 1. The molecule has 0 aliphatic heterocycles. The van der Waals surface area contributed by atoms with Gasteiger partial charge >= 0.3 is 0 Å². The molecule has 0 fully saturated rings. The molecule has 2 aromatic heterocycles. The first kappa shape index (κ1) is 19.1. The molecule has 3 rings (SSSR count). The van der Waals surface area contributed by atoms with E-state index in [-0.39, 0.29) is 11.4 Å². The summed E-state index contributed by atoms with van der Waals surface area (Å²) < 4.78 is 38.8. The molecular formula is C17H17ClN2O4S2. The third-order valence-corrected chi connectivity index (χ3v) is 6.50. The molecule has 0 radical (unpaired) electrons. The maximum atomic E-state index is 12.5. The number of hydrogen-bond acceptors (Lipinski definition) is 6. The molecule has 0 saturated heterocycles.